The summed E-state index contributed by atoms with van der Waals surface area (Å²) in [4.78, 5) is 0. The predicted octanol–water partition coefficient (Wildman–Crippen LogP) is 2.32. The highest BCUT2D eigenvalue weighted by molar-refractivity contribution is 4.78. The third-order valence-corrected chi connectivity index (χ3v) is 1.65. The lowest BCUT2D eigenvalue weighted by Crippen LogP contribution is -2.10. The topological polar surface area (TPSA) is 17.8 Å². The Hall–Kier alpha value is -0.790. The van der Waals surface area contributed by atoms with Gasteiger partial charge in [-0.05, 0) is 17.9 Å². The molecule has 0 N–H and O–H groups in total. The minimum Gasteiger partial charge on any atom is -0.273 e. The summed E-state index contributed by atoms with van der Waals surface area (Å²) >= 11 is 0. The first-order valence-corrected chi connectivity index (χ1v) is 4.05. The first-order chi connectivity index (χ1) is 5.08. The fraction of sp³-hybridized carbons (Fsp3) is 0.667. The number of aryl methyl sites for hydroxylation is 1. The standard InChI is InChI=1S/C9H16N2/c1-9(2,3)5-8-11-7-4-6-10-11/h4,6-7H,5,8H2,1-3H3. The number of rotatable bonds is 2. The fourth-order valence-corrected chi connectivity index (χ4v) is 0.883. The van der Waals surface area contributed by atoms with E-state index in [-0.39, 0.29) is 0 Å². The van der Waals surface area contributed by atoms with Gasteiger partial charge in [0.2, 0.25) is 0 Å². The molecule has 0 unspecified atom stereocenters. The Kier molecular flexibility index (Phi) is 2.32. The summed E-state index contributed by atoms with van der Waals surface area (Å²) in [5, 5.41) is 4.14. The first-order valence-electron chi connectivity index (χ1n) is 4.05. The molecule has 0 aliphatic carbocycles. The number of aromatic nitrogens is 2. The smallest absolute Gasteiger partial charge is 0.0489 e. The molecular weight excluding hydrogens is 136 g/mol. The van der Waals surface area contributed by atoms with Gasteiger partial charge in [-0.2, -0.15) is 5.10 Å². The average molecular weight is 152 g/mol. The number of nitrogens with zero attached hydrogens (tertiary/aromatic N) is 2. The Bertz CT molecular complexity index is 194. The van der Waals surface area contributed by atoms with E-state index in [1.54, 1.807) is 0 Å². The van der Waals surface area contributed by atoms with Crippen LogP contribution in [-0.2, 0) is 6.54 Å². The molecule has 0 saturated carbocycles. The summed E-state index contributed by atoms with van der Waals surface area (Å²) in [7, 11) is 0. The molecule has 0 aromatic carbocycles. The Morgan fingerprint density at radius 1 is 1.36 bits per heavy atom. The van der Waals surface area contributed by atoms with Gasteiger partial charge in [0.25, 0.3) is 0 Å². The highest BCUT2D eigenvalue weighted by Crippen LogP contribution is 2.18. The molecule has 0 radical (unpaired) electrons. The van der Waals surface area contributed by atoms with E-state index in [9.17, 15) is 0 Å². The molecule has 0 atom stereocenters. The van der Waals surface area contributed by atoms with Crippen LogP contribution in [0, 0.1) is 5.41 Å². The summed E-state index contributed by atoms with van der Waals surface area (Å²) in [6, 6.07) is 1.96. The molecule has 1 aromatic heterocycles. The molecule has 62 valence electrons. The minimum absolute atomic E-state index is 0.409. The molecular formula is C9H16N2. The number of hydrogen-bond donors (Lipinski definition) is 0. The van der Waals surface area contributed by atoms with E-state index in [0.717, 1.165) is 6.54 Å². The Balaban J connectivity index is 2.35. The number of hydrogen-bond acceptors (Lipinski definition) is 1. The van der Waals surface area contributed by atoms with Gasteiger partial charge >= 0.3 is 0 Å². The van der Waals surface area contributed by atoms with Crippen molar-refractivity contribution in [2.24, 2.45) is 5.41 Å². The maximum absolute atomic E-state index is 4.14. The molecule has 1 rings (SSSR count). The van der Waals surface area contributed by atoms with Crippen LogP contribution >= 0.6 is 0 Å². The molecule has 0 spiro atoms. The highest BCUT2D eigenvalue weighted by atomic mass is 15.3. The Morgan fingerprint density at radius 2 is 2.09 bits per heavy atom. The minimum atomic E-state index is 0.409. The molecule has 2 heteroatoms. The lowest BCUT2D eigenvalue weighted by Gasteiger charge is -2.17. The molecule has 2 nitrogen and oxygen atoms in total. The van der Waals surface area contributed by atoms with Crippen LogP contribution in [0.2, 0.25) is 0 Å². The van der Waals surface area contributed by atoms with Crippen molar-refractivity contribution >= 4 is 0 Å². The molecule has 1 heterocycles. The van der Waals surface area contributed by atoms with E-state index in [0.29, 0.717) is 5.41 Å². The first kappa shape index (κ1) is 8.31. The van der Waals surface area contributed by atoms with Crippen LogP contribution in [0.5, 0.6) is 0 Å². The molecule has 0 aliphatic heterocycles. The van der Waals surface area contributed by atoms with Crippen LogP contribution in [0.15, 0.2) is 18.5 Å². The van der Waals surface area contributed by atoms with Crippen molar-refractivity contribution in [3.63, 3.8) is 0 Å². The Labute approximate surface area is 68.2 Å². The van der Waals surface area contributed by atoms with Gasteiger partial charge in [-0.3, -0.25) is 4.68 Å². The van der Waals surface area contributed by atoms with Crippen molar-refractivity contribution in [3.05, 3.63) is 18.5 Å². The van der Waals surface area contributed by atoms with Crippen LogP contribution in [-0.4, -0.2) is 9.78 Å². The average Bonchev–Trinajstić information content (AvgIpc) is 2.32. The Morgan fingerprint density at radius 3 is 2.55 bits per heavy atom. The van der Waals surface area contributed by atoms with Crippen LogP contribution in [0.25, 0.3) is 0 Å². The normalized spacial score (nSPS) is 11.9. The van der Waals surface area contributed by atoms with Crippen molar-refractivity contribution in [1.82, 2.24) is 9.78 Å². The predicted molar refractivity (Wildman–Crippen MR) is 46.3 cm³/mol. The maximum atomic E-state index is 4.14. The van der Waals surface area contributed by atoms with E-state index in [1.807, 2.05) is 23.1 Å². The van der Waals surface area contributed by atoms with Crippen LogP contribution < -0.4 is 0 Å². The molecule has 11 heavy (non-hydrogen) atoms. The van der Waals surface area contributed by atoms with E-state index >= 15 is 0 Å². The summed E-state index contributed by atoms with van der Waals surface area (Å²) in [6.45, 7) is 7.76. The molecule has 0 aliphatic rings. The molecule has 0 saturated heterocycles. The highest BCUT2D eigenvalue weighted by Gasteiger charge is 2.09. The van der Waals surface area contributed by atoms with Crippen LogP contribution in [0.4, 0.5) is 0 Å². The van der Waals surface area contributed by atoms with Gasteiger partial charge in [-0.25, -0.2) is 0 Å². The van der Waals surface area contributed by atoms with Crippen molar-refractivity contribution in [2.45, 2.75) is 33.7 Å². The molecule has 0 bridgehead atoms. The van der Waals surface area contributed by atoms with E-state index < -0.39 is 0 Å². The fourth-order valence-electron chi connectivity index (χ4n) is 0.883. The van der Waals surface area contributed by atoms with Crippen molar-refractivity contribution < 1.29 is 0 Å². The summed E-state index contributed by atoms with van der Waals surface area (Å²) in [5.41, 5.74) is 0.409. The van der Waals surface area contributed by atoms with E-state index in [4.69, 9.17) is 0 Å². The third-order valence-electron chi connectivity index (χ3n) is 1.65. The van der Waals surface area contributed by atoms with E-state index in [2.05, 4.69) is 25.9 Å². The van der Waals surface area contributed by atoms with Gasteiger partial charge in [0.1, 0.15) is 0 Å². The second kappa shape index (κ2) is 3.07. The van der Waals surface area contributed by atoms with Gasteiger partial charge in [0.05, 0.1) is 0 Å². The van der Waals surface area contributed by atoms with Gasteiger partial charge in [0, 0.05) is 18.9 Å². The zero-order chi connectivity index (χ0) is 8.32. The van der Waals surface area contributed by atoms with Crippen LogP contribution in [0.1, 0.15) is 27.2 Å². The van der Waals surface area contributed by atoms with Crippen molar-refractivity contribution in [2.75, 3.05) is 0 Å². The molecule has 1 aromatic rings. The van der Waals surface area contributed by atoms with Gasteiger partial charge in [-0.1, -0.05) is 20.8 Å². The second-order valence-corrected chi connectivity index (χ2v) is 4.08. The molecule has 0 amide bonds. The zero-order valence-corrected chi connectivity index (χ0v) is 7.54. The van der Waals surface area contributed by atoms with Crippen molar-refractivity contribution in [1.29, 1.82) is 0 Å². The maximum Gasteiger partial charge on any atom is 0.0489 e. The third kappa shape index (κ3) is 3.21. The van der Waals surface area contributed by atoms with Gasteiger partial charge in [-0.15, -0.1) is 0 Å². The summed E-state index contributed by atoms with van der Waals surface area (Å²) < 4.78 is 1.98. The van der Waals surface area contributed by atoms with Crippen LogP contribution in [0.3, 0.4) is 0 Å². The lowest BCUT2D eigenvalue weighted by molar-refractivity contribution is 0.341. The SMILES string of the molecule is CC(C)(C)CCn1cccn1. The van der Waals surface area contributed by atoms with E-state index in [1.165, 1.54) is 6.42 Å². The lowest BCUT2D eigenvalue weighted by atomic mass is 9.92. The monoisotopic (exact) mass is 152 g/mol. The van der Waals surface area contributed by atoms with Gasteiger partial charge in [0.15, 0.2) is 0 Å². The van der Waals surface area contributed by atoms with Crippen molar-refractivity contribution in [3.8, 4) is 0 Å². The molecule has 0 fully saturated rings. The summed E-state index contributed by atoms with van der Waals surface area (Å²) in [6.07, 6.45) is 5.00. The van der Waals surface area contributed by atoms with Gasteiger partial charge < -0.3 is 0 Å². The quantitative estimate of drug-likeness (QED) is 0.636. The zero-order valence-electron chi connectivity index (χ0n) is 7.54. The summed E-state index contributed by atoms with van der Waals surface area (Å²) in [5.74, 6) is 0. The second-order valence-electron chi connectivity index (χ2n) is 4.08. The largest absolute Gasteiger partial charge is 0.273 e.